The van der Waals surface area contributed by atoms with Crippen molar-refractivity contribution in [1.29, 1.82) is 0 Å². The van der Waals surface area contributed by atoms with Crippen LogP contribution in [-0.4, -0.2) is 24.9 Å². The van der Waals surface area contributed by atoms with Crippen molar-refractivity contribution in [2.45, 2.75) is 18.9 Å². The van der Waals surface area contributed by atoms with Gasteiger partial charge in [0.2, 0.25) is 0 Å². The topological polar surface area (TPSA) is 55.5 Å². The minimum Gasteiger partial charge on any atom is -0.388 e. The van der Waals surface area contributed by atoms with E-state index in [1.807, 2.05) is 18.2 Å². The molecule has 1 fully saturated rings. The van der Waals surface area contributed by atoms with Gasteiger partial charge in [-0.2, -0.15) is 0 Å². The number of hydrogen-bond acceptors (Lipinski definition) is 3. The molecule has 0 amide bonds. The Morgan fingerprint density at radius 3 is 2.59 bits per heavy atom. The largest absolute Gasteiger partial charge is 0.388 e. The van der Waals surface area contributed by atoms with Crippen molar-refractivity contribution in [1.82, 2.24) is 0 Å². The Labute approximate surface area is 107 Å². The van der Waals surface area contributed by atoms with Gasteiger partial charge in [-0.1, -0.05) is 29.8 Å². The molecule has 0 spiro atoms. The molecule has 0 radical (unpaired) electrons. The first-order valence-electron chi connectivity index (χ1n) is 5.90. The molecule has 1 heterocycles. The highest BCUT2D eigenvalue weighted by Crippen LogP contribution is 2.43. The van der Waals surface area contributed by atoms with Gasteiger partial charge in [0.15, 0.2) is 0 Å². The summed E-state index contributed by atoms with van der Waals surface area (Å²) in [6.45, 7) is 1.75. The zero-order valence-corrected chi connectivity index (χ0v) is 10.5. The third-order valence-electron chi connectivity index (χ3n) is 3.67. The molecule has 3 nitrogen and oxygen atoms in total. The molecular weight excluding hydrogens is 238 g/mol. The fourth-order valence-corrected chi connectivity index (χ4v) is 2.63. The molecule has 1 aliphatic heterocycles. The van der Waals surface area contributed by atoms with Gasteiger partial charge in [0.05, 0.1) is 6.10 Å². The van der Waals surface area contributed by atoms with Crippen LogP contribution in [0.1, 0.15) is 24.5 Å². The lowest BCUT2D eigenvalue weighted by Gasteiger charge is -2.40. The van der Waals surface area contributed by atoms with Crippen LogP contribution in [-0.2, 0) is 4.74 Å². The molecular formula is C13H18ClNO2. The van der Waals surface area contributed by atoms with Gasteiger partial charge in [-0.3, -0.25) is 0 Å². The molecule has 0 bridgehead atoms. The second-order valence-corrected chi connectivity index (χ2v) is 5.01. The molecule has 0 aromatic heterocycles. The van der Waals surface area contributed by atoms with E-state index in [0.717, 1.165) is 18.4 Å². The lowest BCUT2D eigenvalue weighted by molar-refractivity contribution is -0.0581. The van der Waals surface area contributed by atoms with E-state index in [9.17, 15) is 5.11 Å². The average Bonchev–Trinajstić information content (AvgIpc) is 2.39. The minimum absolute atomic E-state index is 0.302. The van der Waals surface area contributed by atoms with Gasteiger partial charge >= 0.3 is 0 Å². The molecule has 3 N–H and O–H groups in total. The first kappa shape index (κ1) is 12.8. The van der Waals surface area contributed by atoms with Crippen LogP contribution in [0.25, 0.3) is 0 Å². The molecule has 0 aliphatic carbocycles. The second kappa shape index (κ2) is 5.36. The average molecular weight is 256 g/mol. The van der Waals surface area contributed by atoms with Gasteiger partial charge in [-0.15, -0.1) is 0 Å². The number of nitrogens with two attached hydrogens (primary N) is 1. The summed E-state index contributed by atoms with van der Waals surface area (Å²) >= 11 is 6.13. The molecule has 1 aromatic carbocycles. The van der Waals surface area contributed by atoms with Gasteiger partial charge < -0.3 is 15.6 Å². The van der Waals surface area contributed by atoms with E-state index in [4.69, 9.17) is 22.1 Å². The summed E-state index contributed by atoms with van der Waals surface area (Å²) < 4.78 is 5.34. The third kappa shape index (κ3) is 2.47. The Morgan fingerprint density at radius 1 is 1.35 bits per heavy atom. The fourth-order valence-electron chi connectivity index (χ4n) is 2.39. The standard InChI is InChI=1S/C13H18ClNO2/c14-11-4-2-1-3-10(11)12(16)13(9-15)5-7-17-8-6-13/h1-4,12,16H,5-9,15H2/t12-/m0/s1. The van der Waals surface area contributed by atoms with Crippen molar-refractivity contribution in [2.75, 3.05) is 19.8 Å². The summed E-state index contributed by atoms with van der Waals surface area (Å²) in [7, 11) is 0. The van der Waals surface area contributed by atoms with Crippen LogP contribution >= 0.6 is 11.6 Å². The van der Waals surface area contributed by atoms with E-state index >= 15 is 0 Å². The van der Waals surface area contributed by atoms with Gasteiger partial charge in [0, 0.05) is 30.2 Å². The number of rotatable bonds is 3. The summed E-state index contributed by atoms with van der Waals surface area (Å²) in [6, 6.07) is 7.40. The predicted octanol–water partition coefficient (Wildman–Crippen LogP) is 2.13. The summed E-state index contributed by atoms with van der Waals surface area (Å²) in [6.07, 6.45) is 0.927. The van der Waals surface area contributed by atoms with E-state index in [1.165, 1.54) is 0 Å². The molecule has 2 rings (SSSR count). The zero-order chi connectivity index (χ0) is 12.3. The maximum atomic E-state index is 10.6. The minimum atomic E-state index is -0.620. The van der Waals surface area contributed by atoms with E-state index < -0.39 is 6.10 Å². The van der Waals surface area contributed by atoms with Crippen LogP contribution in [0.15, 0.2) is 24.3 Å². The Kier molecular flexibility index (Phi) is 4.05. The van der Waals surface area contributed by atoms with Crippen LogP contribution in [0.5, 0.6) is 0 Å². The molecule has 94 valence electrons. The summed E-state index contributed by atoms with van der Waals surface area (Å²) in [5, 5.41) is 11.2. The van der Waals surface area contributed by atoms with Crippen molar-refractivity contribution in [3.05, 3.63) is 34.9 Å². The van der Waals surface area contributed by atoms with Crippen molar-refractivity contribution in [3.63, 3.8) is 0 Å². The first-order valence-corrected chi connectivity index (χ1v) is 6.28. The number of aliphatic hydroxyl groups excluding tert-OH is 1. The highest BCUT2D eigenvalue weighted by molar-refractivity contribution is 6.31. The third-order valence-corrected chi connectivity index (χ3v) is 4.02. The molecule has 1 saturated heterocycles. The first-order chi connectivity index (χ1) is 8.19. The van der Waals surface area contributed by atoms with E-state index in [1.54, 1.807) is 6.07 Å². The number of halogens is 1. The summed E-state index contributed by atoms with van der Waals surface area (Å²) in [5.74, 6) is 0. The van der Waals surface area contributed by atoms with Gasteiger partial charge in [0.1, 0.15) is 0 Å². The summed E-state index contributed by atoms with van der Waals surface area (Å²) in [5.41, 5.74) is 6.33. The Morgan fingerprint density at radius 2 is 2.00 bits per heavy atom. The lowest BCUT2D eigenvalue weighted by atomic mass is 9.73. The van der Waals surface area contributed by atoms with E-state index in [0.29, 0.717) is 24.8 Å². The normalized spacial score (nSPS) is 21.1. The highest BCUT2D eigenvalue weighted by atomic mass is 35.5. The van der Waals surface area contributed by atoms with E-state index in [-0.39, 0.29) is 5.41 Å². The van der Waals surface area contributed by atoms with Crippen molar-refractivity contribution in [3.8, 4) is 0 Å². The molecule has 0 unspecified atom stereocenters. The number of aliphatic hydroxyl groups is 1. The Balaban J connectivity index is 2.28. The van der Waals surface area contributed by atoms with Crippen LogP contribution in [0.3, 0.4) is 0 Å². The Bertz CT molecular complexity index is 377. The molecule has 0 saturated carbocycles. The van der Waals surface area contributed by atoms with Crippen LogP contribution in [0, 0.1) is 5.41 Å². The molecule has 1 aliphatic rings. The SMILES string of the molecule is NCC1([C@@H](O)c2ccccc2Cl)CCOCC1. The molecule has 17 heavy (non-hydrogen) atoms. The Hall–Kier alpha value is -0.610. The van der Waals surface area contributed by atoms with Crippen LogP contribution in [0.2, 0.25) is 5.02 Å². The fraction of sp³-hybridized carbons (Fsp3) is 0.538. The highest BCUT2D eigenvalue weighted by Gasteiger charge is 2.39. The van der Waals surface area contributed by atoms with Crippen molar-refractivity contribution < 1.29 is 9.84 Å². The lowest BCUT2D eigenvalue weighted by Crippen LogP contribution is -2.41. The zero-order valence-electron chi connectivity index (χ0n) is 9.73. The maximum absolute atomic E-state index is 10.6. The number of hydrogen-bond donors (Lipinski definition) is 2. The van der Waals surface area contributed by atoms with Crippen LogP contribution in [0.4, 0.5) is 0 Å². The number of ether oxygens (including phenoxy) is 1. The quantitative estimate of drug-likeness (QED) is 0.870. The molecule has 1 atom stereocenters. The van der Waals surface area contributed by atoms with Gasteiger partial charge in [-0.05, 0) is 24.5 Å². The van der Waals surface area contributed by atoms with E-state index in [2.05, 4.69) is 0 Å². The van der Waals surface area contributed by atoms with Gasteiger partial charge in [-0.25, -0.2) is 0 Å². The smallest absolute Gasteiger partial charge is 0.0874 e. The van der Waals surface area contributed by atoms with Crippen LogP contribution < -0.4 is 5.73 Å². The molecule has 4 heteroatoms. The number of benzene rings is 1. The maximum Gasteiger partial charge on any atom is 0.0874 e. The predicted molar refractivity (Wildman–Crippen MR) is 68.0 cm³/mol. The van der Waals surface area contributed by atoms with Crippen molar-refractivity contribution >= 4 is 11.6 Å². The molecule has 1 aromatic rings. The summed E-state index contributed by atoms with van der Waals surface area (Å²) in [4.78, 5) is 0. The van der Waals surface area contributed by atoms with Crippen molar-refractivity contribution in [2.24, 2.45) is 11.1 Å². The monoisotopic (exact) mass is 255 g/mol. The second-order valence-electron chi connectivity index (χ2n) is 4.60. The van der Waals surface area contributed by atoms with Gasteiger partial charge in [0.25, 0.3) is 0 Å².